The molecule has 1 heterocycles. The van der Waals surface area contributed by atoms with Crippen molar-refractivity contribution in [2.45, 2.75) is 26.4 Å². The third kappa shape index (κ3) is 3.31. The summed E-state index contributed by atoms with van der Waals surface area (Å²) < 4.78 is 10.7. The molecular weight excluding hydrogens is 286 g/mol. The van der Waals surface area contributed by atoms with Crippen LogP contribution in [0.15, 0.2) is 36.4 Å². The minimum absolute atomic E-state index is 0.246. The molecule has 0 radical (unpaired) electrons. The first-order chi connectivity index (χ1) is 10.3. The largest absolute Gasteiger partial charge is 0.454 e. The maximum Gasteiger partial charge on any atom is 0.231 e. The summed E-state index contributed by atoms with van der Waals surface area (Å²) in [6.07, 6.45) is 1.07. The predicted octanol–water partition coefficient (Wildman–Crippen LogP) is 3.92. The van der Waals surface area contributed by atoms with Gasteiger partial charge >= 0.3 is 0 Å². The van der Waals surface area contributed by atoms with Gasteiger partial charge in [0.25, 0.3) is 0 Å². The van der Waals surface area contributed by atoms with Gasteiger partial charge in [0.2, 0.25) is 6.79 Å². The molecule has 0 unspecified atom stereocenters. The highest BCUT2D eigenvalue weighted by molar-refractivity contribution is 6.32. The van der Waals surface area contributed by atoms with Gasteiger partial charge in [0.15, 0.2) is 11.5 Å². The summed E-state index contributed by atoms with van der Waals surface area (Å²) in [6.45, 7) is 3.98. The number of benzene rings is 2. The number of halogens is 1. The van der Waals surface area contributed by atoms with E-state index in [9.17, 15) is 0 Å². The number of rotatable bonds is 5. The van der Waals surface area contributed by atoms with E-state index in [-0.39, 0.29) is 6.79 Å². The molecule has 0 saturated heterocycles. The van der Waals surface area contributed by atoms with Crippen LogP contribution in [0.3, 0.4) is 0 Å². The fourth-order valence-electron chi connectivity index (χ4n) is 2.37. The molecule has 2 aromatic carbocycles. The first-order valence-corrected chi connectivity index (χ1v) is 7.50. The van der Waals surface area contributed by atoms with E-state index < -0.39 is 0 Å². The molecule has 2 aromatic rings. The summed E-state index contributed by atoms with van der Waals surface area (Å²) in [5, 5.41) is 4.02. The van der Waals surface area contributed by atoms with Gasteiger partial charge in [-0.25, -0.2) is 0 Å². The summed E-state index contributed by atoms with van der Waals surface area (Å²) in [6, 6.07) is 12.6. The molecule has 110 valence electrons. The fraction of sp³-hybridized carbons (Fsp3) is 0.294. The van der Waals surface area contributed by atoms with E-state index in [2.05, 4.69) is 36.5 Å². The number of hydrogen-bond acceptors (Lipinski definition) is 3. The average molecular weight is 304 g/mol. The molecule has 21 heavy (non-hydrogen) atoms. The molecule has 1 aliphatic rings. The average Bonchev–Trinajstić information content (AvgIpc) is 2.97. The molecule has 4 heteroatoms. The highest BCUT2D eigenvalue weighted by Gasteiger charge is 2.17. The van der Waals surface area contributed by atoms with Crippen LogP contribution in [0.1, 0.15) is 23.6 Å². The molecule has 3 rings (SSSR count). The van der Waals surface area contributed by atoms with Crippen LogP contribution >= 0.6 is 11.6 Å². The van der Waals surface area contributed by atoms with Crippen molar-refractivity contribution in [1.82, 2.24) is 5.32 Å². The van der Waals surface area contributed by atoms with E-state index in [0.29, 0.717) is 10.8 Å². The molecule has 1 N–H and O–H groups in total. The normalized spacial score (nSPS) is 12.7. The Bertz CT molecular complexity index is 625. The zero-order valence-corrected chi connectivity index (χ0v) is 12.7. The topological polar surface area (TPSA) is 30.5 Å². The van der Waals surface area contributed by atoms with Crippen molar-refractivity contribution in [3.63, 3.8) is 0 Å². The Morgan fingerprint density at radius 1 is 1.00 bits per heavy atom. The third-order valence-corrected chi connectivity index (χ3v) is 3.86. The Labute approximate surface area is 129 Å². The third-order valence-electron chi connectivity index (χ3n) is 3.58. The van der Waals surface area contributed by atoms with E-state index in [1.807, 2.05) is 12.1 Å². The number of ether oxygens (including phenoxy) is 2. The number of nitrogens with one attached hydrogen (secondary N) is 1. The second-order valence-electron chi connectivity index (χ2n) is 5.09. The smallest absolute Gasteiger partial charge is 0.231 e. The van der Waals surface area contributed by atoms with Crippen LogP contribution < -0.4 is 14.8 Å². The monoisotopic (exact) mass is 303 g/mol. The van der Waals surface area contributed by atoms with Crippen LogP contribution in [0, 0.1) is 0 Å². The summed E-state index contributed by atoms with van der Waals surface area (Å²) in [5.41, 5.74) is 3.73. The van der Waals surface area contributed by atoms with Gasteiger partial charge in [0.1, 0.15) is 0 Å². The highest BCUT2D eigenvalue weighted by Crippen LogP contribution is 2.39. The van der Waals surface area contributed by atoms with Crippen molar-refractivity contribution >= 4 is 11.6 Å². The van der Waals surface area contributed by atoms with Crippen LogP contribution in [0.5, 0.6) is 11.5 Å². The predicted molar refractivity (Wildman–Crippen MR) is 83.9 cm³/mol. The van der Waals surface area contributed by atoms with E-state index in [1.54, 1.807) is 0 Å². The molecule has 0 atom stereocenters. The van der Waals surface area contributed by atoms with Gasteiger partial charge in [0, 0.05) is 13.1 Å². The van der Waals surface area contributed by atoms with Gasteiger partial charge in [-0.15, -0.1) is 0 Å². The lowest BCUT2D eigenvalue weighted by molar-refractivity contribution is 0.174. The lowest BCUT2D eigenvalue weighted by atomic mass is 10.1. The van der Waals surface area contributed by atoms with Crippen molar-refractivity contribution in [1.29, 1.82) is 0 Å². The zero-order chi connectivity index (χ0) is 14.7. The van der Waals surface area contributed by atoms with Crippen molar-refractivity contribution in [3.05, 3.63) is 58.1 Å². The molecule has 3 nitrogen and oxygen atoms in total. The van der Waals surface area contributed by atoms with Crippen molar-refractivity contribution in [3.8, 4) is 11.5 Å². The molecule has 0 aliphatic carbocycles. The Morgan fingerprint density at radius 2 is 1.71 bits per heavy atom. The van der Waals surface area contributed by atoms with Crippen molar-refractivity contribution < 1.29 is 9.47 Å². The van der Waals surface area contributed by atoms with E-state index in [1.165, 1.54) is 11.1 Å². The highest BCUT2D eigenvalue weighted by atomic mass is 35.5. The van der Waals surface area contributed by atoms with E-state index in [4.69, 9.17) is 21.1 Å². The summed E-state index contributed by atoms with van der Waals surface area (Å²) in [5.74, 6) is 1.38. The Morgan fingerprint density at radius 3 is 2.48 bits per heavy atom. The van der Waals surface area contributed by atoms with Crippen LogP contribution in [-0.4, -0.2) is 6.79 Å². The standard InChI is InChI=1S/C17H18ClNO2/c1-2-12-3-5-13(6-4-12)9-19-10-14-7-15(18)17-16(8-14)20-11-21-17/h3-8,19H,2,9-11H2,1H3. The molecular formula is C17H18ClNO2. The van der Waals surface area contributed by atoms with Gasteiger partial charge in [-0.2, -0.15) is 0 Å². The number of hydrogen-bond donors (Lipinski definition) is 1. The second-order valence-corrected chi connectivity index (χ2v) is 5.49. The van der Waals surface area contributed by atoms with Crippen LogP contribution in [0.25, 0.3) is 0 Å². The first kappa shape index (κ1) is 14.2. The van der Waals surface area contributed by atoms with Crippen LogP contribution in [0.4, 0.5) is 0 Å². The maximum absolute atomic E-state index is 6.17. The molecule has 1 aliphatic heterocycles. The second kappa shape index (κ2) is 6.37. The van der Waals surface area contributed by atoms with Crippen LogP contribution in [0.2, 0.25) is 5.02 Å². The lowest BCUT2D eigenvalue weighted by Crippen LogP contribution is -2.12. The quantitative estimate of drug-likeness (QED) is 0.908. The Balaban J connectivity index is 1.59. The van der Waals surface area contributed by atoms with E-state index in [0.717, 1.165) is 30.8 Å². The molecule has 0 fully saturated rings. The molecule has 0 aromatic heterocycles. The number of fused-ring (bicyclic) bond motifs is 1. The van der Waals surface area contributed by atoms with E-state index >= 15 is 0 Å². The van der Waals surface area contributed by atoms with Gasteiger partial charge < -0.3 is 14.8 Å². The number of aryl methyl sites for hydroxylation is 1. The maximum atomic E-state index is 6.17. The zero-order valence-electron chi connectivity index (χ0n) is 12.0. The minimum Gasteiger partial charge on any atom is -0.454 e. The molecule has 0 spiro atoms. The summed E-state index contributed by atoms with van der Waals surface area (Å²) in [4.78, 5) is 0. The summed E-state index contributed by atoms with van der Waals surface area (Å²) in [7, 11) is 0. The lowest BCUT2D eigenvalue weighted by Gasteiger charge is -2.08. The minimum atomic E-state index is 0.246. The molecule has 0 bridgehead atoms. The van der Waals surface area contributed by atoms with Crippen LogP contribution in [-0.2, 0) is 19.5 Å². The van der Waals surface area contributed by atoms with Gasteiger partial charge in [-0.3, -0.25) is 0 Å². The van der Waals surface area contributed by atoms with Gasteiger partial charge in [0.05, 0.1) is 5.02 Å². The van der Waals surface area contributed by atoms with Crippen molar-refractivity contribution in [2.24, 2.45) is 0 Å². The van der Waals surface area contributed by atoms with Crippen molar-refractivity contribution in [2.75, 3.05) is 6.79 Å². The molecule has 0 saturated carbocycles. The SMILES string of the molecule is CCc1ccc(CNCc2cc(Cl)c3c(c2)OCO3)cc1. The van der Waals surface area contributed by atoms with Gasteiger partial charge in [-0.1, -0.05) is 42.8 Å². The fourth-order valence-corrected chi connectivity index (χ4v) is 2.65. The Kier molecular flexibility index (Phi) is 4.32. The first-order valence-electron chi connectivity index (χ1n) is 7.13. The molecule has 0 amide bonds. The van der Waals surface area contributed by atoms with Gasteiger partial charge in [-0.05, 0) is 35.2 Å². The Hall–Kier alpha value is -1.71. The summed E-state index contributed by atoms with van der Waals surface area (Å²) >= 11 is 6.17.